The molecule has 0 bridgehead atoms. The Morgan fingerprint density at radius 1 is 1.00 bits per heavy atom. The van der Waals surface area contributed by atoms with Gasteiger partial charge < -0.3 is 0 Å². The van der Waals surface area contributed by atoms with E-state index in [9.17, 15) is 44.7 Å². The van der Waals surface area contributed by atoms with E-state index in [0.29, 0.717) is 12.2 Å². The van der Waals surface area contributed by atoms with E-state index < -0.39 is 30.7 Å². The van der Waals surface area contributed by atoms with E-state index in [1.165, 1.54) is 0 Å². The molecule has 0 aliphatic carbocycles. The molecule has 0 rings (SSSR count). The Morgan fingerprint density at radius 2 is 1.47 bits per heavy atom. The summed E-state index contributed by atoms with van der Waals surface area (Å²) in [5.74, 6) is -2.65. The van der Waals surface area contributed by atoms with Crippen molar-refractivity contribution in [1.29, 1.82) is 0 Å². The lowest BCUT2D eigenvalue weighted by Crippen LogP contribution is -2.25. The maximum absolute atomic E-state index is 11.9. The van der Waals surface area contributed by atoms with E-state index >= 15 is 0 Å². The number of aliphatic imine (C=N–C) groups is 2. The number of isocyanates is 2. The zero-order valence-corrected chi connectivity index (χ0v) is 8.39. The third-order valence-corrected chi connectivity index (χ3v) is 1.02. The summed E-state index contributed by atoms with van der Waals surface area (Å²) in [5.41, 5.74) is 0. The van der Waals surface area contributed by atoms with Crippen LogP contribution in [0.2, 0.25) is 0 Å². The molecule has 0 aliphatic rings. The first-order valence-corrected chi connectivity index (χ1v) is 3.76. The van der Waals surface area contributed by atoms with Gasteiger partial charge in [-0.2, -0.15) is 26.9 Å². The van der Waals surface area contributed by atoms with Crippen molar-refractivity contribution in [3.8, 4) is 0 Å². The van der Waals surface area contributed by atoms with E-state index in [1.54, 1.807) is 4.99 Å². The molecule has 0 saturated carbocycles. The van der Waals surface area contributed by atoms with Gasteiger partial charge in [-0.3, -0.25) is 0 Å². The van der Waals surface area contributed by atoms with Crippen molar-refractivity contribution < 1.29 is 44.7 Å². The zero-order valence-electron chi connectivity index (χ0n) is 8.39. The molecule has 108 valence electrons. The molecule has 12 heteroatoms. The third-order valence-electron chi connectivity index (χ3n) is 1.02. The van der Waals surface area contributed by atoms with Crippen molar-refractivity contribution >= 4 is 12.2 Å². The average molecular weight is 298 g/mol. The van der Waals surface area contributed by atoms with Crippen LogP contribution in [-0.4, -0.2) is 30.9 Å². The standard InChI is InChI=1S/C4HF3N2O2.C3HF5/c5-3(8-1-10)4(6,7)9-2-11;4-1(2(5)6)3(7)8/h3H;2H. The van der Waals surface area contributed by atoms with Crippen molar-refractivity contribution in [1.82, 2.24) is 0 Å². The van der Waals surface area contributed by atoms with Crippen molar-refractivity contribution in [3.05, 3.63) is 11.9 Å². The SMILES string of the molecule is FC(F)=C(F)C(F)F.O=C=NC(F)C(F)(F)N=C=O. The number of nitrogens with zero attached hydrogens (tertiary/aromatic N) is 2. The largest absolute Gasteiger partial charge is 0.403 e. The van der Waals surface area contributed by atoms with E-state index in [4.69, 9.17) is 0 Å². The van der Waals surface area contributed by atoms with Crippen molar-refractivity contribution in [2.24, 2.45) is 9.98 Å². The molecule has 1 atom stereocenters. The molecule has 0 aromatic carbocycles. The summed E-state index contributed by atoms with van der Waals surface area (Å²) < 4.78 is 89.7. The lowest BCUT2D eigenvalue weighted by Gasteiger charge is -2.07. The molecular weight excluding hydrogens is 296 g/mol. The number of hydrogen-bond acceptors (Lipinski definition) is 4. The highest BCUT2D eigenvalue weighted by Gasteiger charge is 2.40. The van der Waals surface area contributed by atoms with Gasteiger partial charge in [-0.25, -0.2) is 22.8 Å². The monoisotopic (exact) mass is 298 g/mol. The van der Waals surface area contributed by atoms with Crippen LogP contribution in [0, 0.1) is 0 Å². The number of carbonyl (C=O) groups excluding carboxylic acids is 2. The second kappa shape index (κ2) is 8.95. The fourth-order valence-electron chi connectivity index (χ4n) is 0.321. The first-order chi connectivity index (χ1) is 8.60. The molecular formula is C7H2F8N2O2. The van der Waals surface area contributed by atoms with Crippen LogP contribution < -0.4 is 0 Å². The number of hydrogen-bond donors (Lipinski definition) is 0. The number of allylic oxidation sites excluding steroid dienone is 1. The highest BCUT2D eigenvalue weighted by molar-refractivity contribution is 5.35. The zero-order chi connectivity index (χ0) is 15.6. The molecule has 4 nitrogen and oxygen atoms in total. The summed E-state index contributed by atoms with van der Waals surface area (Å²) in [4.78, 5) is 22.3. The molecule has 19 heavy (non-hydrogen) atoms. The lowest BCUT2D eigenvalue weighted by atomic mass is 10.5. The summed E-state index contributed by atoms with van der Waals surface area (Å²) in [7, 11) is 0. The van der Waals surface area contributed by atoms with Gasteiger partial charge in [-0.15, -0.1) is 4.99 Å². The normalized spacial score (nSPS) is 11.4. The summed E-state index contributed by atoms with van der Waals surface area (Å²) in [5, 5.41) is 0. The average Bonchev–Trinajstić information content (AvgIpc) is 2.28. The van der Waals surface area contributed by atoms with Crippen LogP contribution in [0.1, 0.15) is 0 Å². The van der Waals surface area contributed by atoms with Crippen LogP contribution >= 0.6 is 0 Å². The van der Waals surface area contributed by atoms with Gasteiger partial charge >= 0.3 is 12.1 Å². The molecule has 0 aromatic heterocycles. The highest BCUT2D eigenvalue weighted by atomic mass is 19.3. The summed E-state index contributed by atoms with van der Waals surface area (Å²) in [6.45, 7) is 0. The van der Waals surface area contributed by atoms with Crippen LogP contribution in [0.15, 0.2) is 21.9 Å². The van der Waals surface area contributed by atoms with Crippen LogP contribution in [0.3, 0.4) is 0 Å². The van der Waals surface area contributed by atoms with Crippen molar-refractivity contribution in [3.63, 3.8) is 0 Å². The maximum Gasteiger partial charge on any atom is 0.403 e. The van der Waals surface area contributed by atoms with Crippen LogP contribution in [0.4, 0.5) is 35.1 Å². The van der Waals surface area contributed by atoms with Crippen LogP contribution in [0.5, 0.6) is 0 Å². The van der Waals surface area contributed by atoms with E-state index in [-0.39, 0.29) is 0 Å². The van der Waals surface area contributed by atoms with Gasteiger partial charge in [0.2, 0.25) is 18.0 Å². The van der Waals surface area contributed by atoms with Gasteiger partial charge in [0.1, 0.15) is 0 Å². The Hall–Kier alpha value is -2.06. The first kappa shape index (κ1) is 19.3. The summed E-state index contributed by atoms with van der Waals surface area (Å²) in [6.07, 6.45) is -8.83. The topological polar surface area (TPSA) is 58.9 Å². The molecule has 0 aromatic rings. The van der Waals surface area contributed by atoms with Crippen molar-refractivity contribution in [2.45, 2.75) is 18.8 Å². The minimum atomic E-state index is -4.33. The predicted molar refractivity (Wildman–Crippen MR) is 42.4 cm³/mol. The van der Waals surface area contributed by atoms with Crippen LogP contribution in [-0.2, 0) is 9.59 Å². The van der Waals surface area contributed by atoms with Crippen LogP contribution in [0.25, 0.3) is 0 Å². The van der Waals surface area contributed by atoms with E-state index in [1.807, 2.05) is 4.99 Å². The molecule has 0 spiro atoms. The molecule has 0 N–H and O–H groups in total. The van der Waals surface area contributed by atoms with E-state index in [0.717, 1.165) is 0 Å². The number of alkyl halides is 5. The predicted octanol–water partition coefficient (Wildman–Crippen LogP) is 2.88. The smallest absolute Gasteiger partial charge is 0.212 e. The molecule has 0 aliphatic heterocycles. The lowest BCUT2D eigenvalue weighted by molar-refractivity contribution is -0.0597. The molecule has 1 unspecified atom stereocenters. The minimum absolute atomic E-state index is 0.442. The van der Waals surface area contributed by atoms with Gasteiger partial charge in [0.25, 0.3) is 12.7 Å². The summed E-state index contributed by atoms with van der Waals surface area (Å²) >= 11 is 0. The second-order valence-electron chi connectivity index (χ2n) is 2.26. The Labute approximate surface area is 98.7 Å². The first-order valence-electron chi connectivity index (χ1n) is 3.76. The summed E-state index contributed by atoms with van der Waals surface area (Å²) in [6, 6.07) is -4.33. The Morgan fingerprint density at radius 3 is 1.68 bits per heavy atom. The highest BCUT2D eigenvalue weighted by Crippen LogP contribution is 2.22. The number of rotatable bonds is 4. The second-order valence-corrected chi connectivity index (χ2v) is 2.26. The fraction of sp³-hybridized carbons (Fsp3) is 0.429. The van der Waals surface area contributed by atoms with Gasteiger partial charge in [0.05, 0.1) is 0 Å². The van der Waals surface area contributed by atoms with Gasteiger partial charge in [0, 0.05) is 0 Å². The fourth-order valence-corrected chi connectivity index (χ4v) is 0.321. The van der Waals surface area contributed by atoms with E-state index in [2.05, 4.69) is 0 Å². The Balaban J connectivity index is 0. The van der Waals surface area contributed by atoms with Gasteiger partial charge in [-0.1, -0.05) is 0 Å². The Kier molecular flexibility index (Phi) is 9.08. The molecule has 0 saturated heterocycles. The van der Waals surface area contributed by atoms with Gasteiger partial charge in [0.15, 0.2) is 0 Å². The molecule has 0 radical (unpaired) electrons. The third kappa shape index (κ3) is 8.63. The molecule has 0 heterocycles. The number of halogens is 8. The Bertz CT molecular complexity index is 407. The quantitative estimate of drug-likeness (QED) is 0.347. The maximum atomic E-state index is 11.9. The molecule has 0 amide bonds. The molecule has 0 fully saturated rings. The van der Waals surface area contributed by atoms with Crippen molar-refractivity contribution in [2.75, 3.05) is 0 Å². The minimum Gasteiger partial charge on any atom is -0.212 e. The van der Waals surface area contributed by atoms with Gasteiger partial charge in [-0.05, 0) is 0 Å².